The molecule has 1 aliphatic rings. The Kier molecular flexibility index (Phi) is 6.56. The topological polar surface area (TPSA) is 40.5 Å². The van der Waals surface area contributed by atoms with Gasteiger partial charge in [0.2, 0.25) is 0 Å². The van der Waals surface area contributed by atoms with Gasteiger partial charge in [-0.1, -0.05) is 30.3 Å². The van der Waals surface area contributed by atoms with E-state index in [2.05, 4.69) is 23.1 Å². The number of Topliss-reactive ketones (excluding diaryl/α,β-unsaturated/α-hetero) is 1. The van der Waals surface area contributed by atoms with E-state index >= 15 is 0 Å². The summed E-state index contributed by atoms with van der Waals surface area (Å²) < 4.78 is 13.1. The van der Waals surface area contributed by atoms with Gasteiger partial charge in [-0.05, 0) is 60.9 Å². The number of nitrogens with zero attached hydrogens (tertiary/aromatic N) is 1. The molecule has 3 aromatic carbocycles. The zero-order valence-corrected chi connectivity index (χ0v) is 17.2. The zero-order valence-electron chi connectivity index (χ0n) is 16.3. The maximum absolute atomic E-state index is 13.1. The lowest BCUT2D eigenvalue weighted by atomic mass is 9.88. The van der Waals surface area contributed by atoms with Crippen LogP contribution in [0.25, 0.3) is 10.8 Å². The first-order valence-corrected chi connectivity index (χ1v) is 9.79. The number of rotatable bonds is 4. The molecule has 1 heterocycles. The molecule has 3 nitrogen and oxygen atoms in total. The number of piperidine rings is 1. The van der Waals surface area contributed by atoms with Gasteiger partial charge in [-0.15, -0.1) is 12.4 Å². The highest BCUT2D eigenvalue weighted by atomic mass is 35.5. The van der Waals surface area contributed by atoms with Crippen molar-refractivity contribution in [2.75, 3.05) is 18.0 Å². The SMILES string of the molecule is C[C@H](O)c1c(N2CCC(C(=O)c3ccc(F)cc3)CC2)ccc2ccccc12.Cl. The number of ketones is 1. The van der Waals surface area contributed by atoms with Crippen molar-refractivity contribution in [1.82, 2.24) is 0 Å². The molecule has 0 bridgehead atoms. The molecule has 0 saturated carbocycles. The molecule has 3 aromatic rings. The van der Waals surface area contributed by atoms with Crippen LogP contribution in [-0.2, 0) is 0 Å². The molecular formula is C24H25ClFNO2. The van der Waals surface area contributed by atoms with Crippen molar-refractivity contribution >= 4 is 34.7 Å². The van der Waals surface area contributed by atoms with Crippen molar-refractivity contribution in [3.63, 3.8) is 0 Å². The highest BCUT2D eigenvalue weighted by Gasteiger charge is 2.27. The number of hydrogen-bond donors (Lipinski definition) is 1. The molecule has 5 heteroatoms. The smallest absolute Gasteiger partial charge is 0.166 e. The molecule has 0 spiro atoms. The minimum atomic E-state index is -0.570. The fourth-order valence-electron chi connectivity index (χ4n) is 4.23. The van der Waals surface area contributed by atoms with Crippen LogP contribution >= 0.6 is 12.4 Å². The molecule has 0 unspecified atom stereocenters. The van der Waals surface area contributed by atoms with E-state index in [-0.39, 0.29) is 29.9 Å². The van der Waals surface area contributed by atoms with Gasteiger partial charge >= 0.3 is 0 Å². The molecule has 1 aliphatic heterocycles. The summed E-state index contributed by atoms with van der Waals surface area (Å²) in [5.74, 6) is -0.278. The molecule has 1 atom stereocenters. The number of fused-ring (bicyclic) bond motifs is 1. The Labute approximate surface area is 176 Å². The largest absolute Gasteiger partial charge is 0.389 e. The number of benzene rings is 3. The number of halogens is 2. The van der Waals surface area contributed by atoms with Gasteiger partial charge in [0.25, 0.3) is 0 Å². The normalized spacial score (nSPS) is 15.8. The fourth-order valence-corrected chi connectivity index (χ4v) is 4.23. The quantitative estimate of drug-likeness (QED) is 0.570. The predicted octanol–water partition coefficient (Wildman–Crippen LogP) is 5.55. The Hall–Kier alpha value is -2.43. The highest BCUT2D eigenvalue weighted by Crippen LogP contribution is 2.36. The number of carbonyl (C=O) groups excluding carboxylic acids is 1. The van der Waals surface area contributed by atoms with Crippen molar-refractivity contribution in [3.05, 3.63) is 77.6 Å². The van der Waals surface area contributed by atoms with Gasteiger partial charge < -0.3 is 10.0 Å². The van der Waals surface area contributed by atoms with Crippen molar-refractivity contribution in [2.24, 2.45) is 5.92 Å². The van der Waals surface area contributed by atoms with Gasteiger partial charge in [0.1, 0.15) is 5.82 Å². The second-order valence-corrected chi connectivity index (χ2v) is 7.53. The van der Waals surface area contributed by atoms with Gasteiger partial charge in [0.15, 0.2) is 5.78 Å². The van der Waals surface area contributed by atoms with E-state index in [9.17, 15) is 14.3 Å². The lowest BCUT2D eigenvalue weighted by Gasteiger charge is -2.35. The molecule has 152 valence electrons. The molecule has 0 aromatic heterocycles. The summed E-state index contributed by atoms with van der Waals surface area (Å²) in [4.78, 5) is 15.0. The van der Waals surface area contributed by atoms with Crippen LogP contribution in [-0.4, -0.2) is 24.0 Å². The molecule has 4 rings (SSSR count). The van der Waals surface area contributed by atoms with E-state index in [0.29, 0.717) is 5.56 Å². The van der Waals surface area contributed by atoms with Crippen LogP contribution in [0.4, 0.5) is 10.1 Å². The van der Waals surface area contributed by atoms with Crippen LogP contribution in [0.1, 0.15) is 41.8 Å². The van der Waals surface area contributed by atoms with Crippen molar-refractivity contribution < 1.29 is 14.3 Å². The second kappa shape index (κ2) is 8.93. The minimum Gasteiger partial charge on any atom is -0.389 e. The van der Waals surface area contributed by atoms with Crippen LogP contribution in [0, 0.1) is 11.7 Å². The number of aliphatic hydroxyl groups is 1. The maximum Gasteiger partial charge on any atom is 0.166 e. The summed E-state index contributed by atoms with van der Waals surface area (Å²) in [6.45, 7) is 3.32. The van der Waals surface area contributed by atoms with E-state index < -0.39 is 6.10 Å². The molecule has 0 amide bonds. The Morgan fingerprint density at radius 1 is 1.03 bits per heavy atom. The summed E-state index contributed by atoms with van der Waals surface area (Å²) >= 11 is 0. The molecule has 0 radical (unpaired) electrons. The lowest BCUT2D eigenvalue weighted by Crippen LogP contribution is -2.37. The van der Waals surface area contributed by atoms with Gasteiger partial charge in [0, 0.05) is 35.8 Å². The van der Waals surface area contributed by atoms with Crippen molar-refractivity contribution in [3.8, 4) is 0 Å². The number of carbonyl (C=O) groups is 1. The number of hydrogen-bond acceptors (Lipinski definition) is 3. The van der Waals surface area contributed by atoms with Crippen molar-refractivity contribution in [1.29, 1.82) is 0 Å². The van der Waals surface area contributed by atoms with Crippen LogP contribution < -0.4 is 4.90 Å². The van der Waals surface area contributed by atoms with Gasteiger partial charge in [0.05, 0.1) is 6.10 Å². The minimum absolute atomic E-state index is 0. The summed E-state index contributed by atoms with van der Waals surface area (Å²) in [5, 5.41) is 12.6. The van der Waals surface area contributed by atoms with Crippen molar-refractivity contribution in [2.45, 2.75) is 25.9 Å². The molecule has 1 N–H and O–H groups in total. The molecular weight excluding hydrogens is 389 g/mol. The third-order valence-corrected chi connectivity index (χ3v) is 5.70. The predicted molar refractivity (Wildman–Crippen MR) is 117 cm³/mol. The molecule has 0 aliphatic carbocycles. The fraction of sp³-hybridized carbons (Fsp3) is 0.292. The molecule has 1 saturated heterocycles. The third kappa shape index (κ3) is 4.29. The van der Waals surface area contributed by atoms with Crippen LogP contribution in [0.2, 0.25) is 0 Å². The lowest BCUT2D eigenvalue weighted by molar-refractivity contribution is 0.0900. The van der Waals surface area contributed by atoms with Crippen LogP contribution in [0.15, 0.2) is 60.7 Å². The summed E-state index contributed by atoms with van der Waals surface area (Å²) in [7, 11) is 0. The third-order valence-electron chi connectivity index (χ3n) is 5.70. The van der Waals surface area contributed by atoms with E-state index in [4.69, 9.17) is 0 Å². The second-order valence-electron chi connectivity index (χ2n) is 7.53. The van der Waals surface area contributed by atoms with E-state index in [1.165, 1.54) is 12.1 Å². The zero-order chi connectivity index (χ0) is 19.7. The Bertz CT molecular complexity index is 995. The monoisotopic (exact) mass is 413 g/mol. The summed E-state index contributed by atoms with van der Waals surface area (Å²) in [5.41, 5.74) is 2.57. The first-order chi connectivity index (χ1) is 13.5. The van der Waals surface area contributed by atoms with Gasteiger partial charge in [-0.25, -0.2) is 4.39 Å². The number of aliphatic hydroxyl groups excluding tert-OH is 1. The van der Waals surface area contributed by atoms with Gasteiger partial charge in [-0.3, -0.25) is 4.79 Å². The van der Waals surface area contributed by atoms with E-state index in [1.54, 1.807) is 19.1 Å². The van der Waals surface area contributed by atoms with Crippen LogP contribution in [0.3, 0.4) is 0 Å². The first kappa shape index (κ1) is 21.3. The molecule has 29 heavy (non-hydrogen) atoms. The summed E-state index contributed by atoms with van der Waals surface area (Å²) in [6.07, 6.45) is 0.935. The van der Waals surface area contributed by atoms with Gasteiger partial charge in [-0.2, -0.15) is 0 Å². The first-order valence-electron chi connectivity index (χ1n) is 9.79. The molecule has 1 fully saturated rings. The average Bonchev–Trinajstić information content (AvgIpc) is 2.73. The average molecular weight is 414 g/mol. The maximum atomic E-state index is 13.1. The highest BCUT2D eigenvalue weighted by molar-refractivity contribution is 5.98. The Balaban J connectivity index is 0.00000240. The van der Waals surface area contributed by atoms with E-state index in [0.717, 1.165) is 48.0 Å². The Morgan fingerprint density at radius 2 is 1.69 bits per heavy atom. The Morgan fingerprint density at radius 3 is 2.34 bits per heavy atom. The van der Waals surface area contributed by atoms with Crippen LogP contribution in [0.5, 0.6) is 0 Å². The van der Waals surface area contributed by atoms with E-state index in [1.807, 2.05) is 18.2 Å². The summed E-state index contributed by atoms with van der Waals surface area (Å²) in [6, 6.07) is 18.1. The number of anilines is 1. The standard InChI is InChI=1S/C24H24FNO2.ClH/c1-16(27)23-21-5-3-2-4-17(21)8-11-22(23)26-14-12-19(13-15-26)24(28)18-6-9-20(25)10-7-18;/h2-11,16,19,27H,12-15H2,1H3;1H/t16-;/m0./s1.